The molecule has 1 aromatic carbocycles. The minimum atomic E-state index is -0.0926. The van der Waals surface area contributed by atoms with Crippen molar-refractivity contribution in [2.75, 3.05) is 48.5 Å². The van der Waals surface area contributed by atoms with E-state index in [2.05, 4.69) is 28.9 Å². The number of rotatable bonds is 6. The van der Waals surface area contributed by atoms with Crippen molar-refractivity contribution >= 4 is 10.9 Å². The predicted molar refractivity (Wildman–Crippen MR) is 102 cm³/mol. The lowest BCUT2D eigenvalue weighted by molar-refractivity contribution is 0.233. The van der Waals surface area contributed by atoms with Gasteiger partial charge in [-0.05, 0) is 33.1 Å². The van der Waals surface area contributed by atoms with Crippen LogP contribution in [0.4, 0.5) is 0 Å². The Hall–Kier alpha value is -2.25. The number of nitrogens with one attached hydrogen (secondary N) is 1. The van der Waals surface area contributed by atoms with Crippen molar-refractivity contribution in [1.29, 1.82) is 0 Å². The highest BCUT2D eigenvalue weighted by Gasteiger charge is 2.24. The lowest BCUT2D eigenvalue weighted by atomic mass is 10.1. The number of H-pyrrole nitrogens is 1. The fraction of sp³-hybridized carbons (Fsp3) is 0.526. The van der Waals surface area contributed by atoms with Crippen molar-refractivity contribution in [1.82, 2.24) is 14.8 Å². The Bertz CT molecular complexity index is 849. The van der Waals surface area contributed by atoms with E-state index in [1.807, 2.05) is 6.07 Å². The lowest BCUT2D eigenvalue weighted by Gasteiger charge is -2.24. The maximum Gasteiger partial charge on any atom is 0.252 e. The van der Waals surface area contributed by atoms with Crippen LogP contribution < -0.4 is 19.8 Å². The highest BCUT2D eigenvalue weighted by molar-refractivity contribution is 5.90. The third-order valence-corrected chi connectivity index (χ3v) is 5.14. The highest BCUT2D eigenvalue weighted by atomic mass is 16.5. The fourth-order valence-electron chi connectivity index (χ4n) is 3.65. The zero-order valence-corrected chi connectivity index (χ0v) is 16.1. The van der Waals surface area contributed by atoms with Gasteiger partial charge in [0.15, 0.2) is 11.5 Å². The van der Waals surface area contributed by atoms with Crippen molar-refractivity contribution in [2.45, 2.75) is 19.0 Å². The molecule has 26 heavy (non-hydrogen) atoms. The van der Waals surface area contributed by atoms with E-state index < -0.39 is 0 Å². The van der Waals surface area contributed by atoms with Crippen LogP contribution in [0.15, 0.2) is 16.9 Å². The van der Waals surface area contributed by atoms with E-state index in [1.165, 1.54) is 0 Å². The van der Waals surface area contributed by atoms with Crippen molar-refractivity contribution in [3.63, 3.8) is 0 Å². The Morgan fingerprint density at radius 3 is 2.50 bits per heavy atom. The minimum absolute atomic E-state index is 0.0926. The summed E-state index contributed by atoms with van der Waals surface area (Å²) in [5.74, 6) is 1.60. The summed E-state index contributed by atoms with van der Waals surface area (Å²) in [4.78, 5) is 20.1. The first-order chi connectivity index (χ1) is 12.5. The monoisotopic (exact) mass is 361 g/mol. The number of ether oxygens (including phenoxy) is 3. The molecular weight excluding hydrogens is 334 g/mol. The summed E-state index contributed by atoms with van der Waals surface area (Å²) in [6.07, 6.45) is 1.12. The van der Waals surface area contributed by atoms with Gasteiger partial charge in [-0.15, -0.1) is 0 Å². The summed E-state index contributed by atoms with van der Waals surface area (Å²) in [5.41, 5.74) is 1.28. The van der Waals surface area contributed by atoms with Gasteiger partial charge in [0.2, 0.25) is 5.75 Å². The Labute approximate surface area is 153 Å². The number of aromatic amines is 1. The first kappa shape index (κ1) is 18.5. The maximum atomic E-state index is 12.6. The van der Waals surface area contributed by atoms with Crippen molar-refractivity contribution in [3.05, 3.63) is 28.0 Å². The molecule has 1 fully saturated rings. The fourth-order valence-corrected chi connectivity index (χ4v) is 3.65. The molecule has 0 amide bonds. The van der Waals surface area contributed by atoms with Gasteiger partial charge in [-0.25, -0.2) is 0 Å². The summed E-state index contributed by atoms with van der Waals surface area (Å²) in [6, 6.07) is 4.11. The van der Waals surface area contributed by atoms with Gasteiger partial charge < -0.3 is 24.1 Å². The van der Waals surface area contributed by atoms with Gasteiger partial charge in [-0.3, -0.25) is 9.69 Å². The summed E-state index contributed by atoms with van der Waals surface area (Å²) < 4.78 is 16.4. The van der Waals surface area contributed by atoms with Crippen LogP contribution in [0.25, 0.3) is 10.9 Å². The number of likely N-dealkylation sites (tertiary alicyclic amines) is 1. The van der Waals surface area contributed by atoms with E-state index in [1.54, 1.807) is 27.4 Å². The summed E-state index contributed by atoms with van der Waals surface area (Å²) in [6.45, 7) is 2.70. The van der Waals surface area contributed by atoms with Crippen molar-refractivity contribution in [3.8, 4) is 17.2 Å². The first-order valence-corrected chi connectivity index (χ1v) is 8.72. The smallest absolute Gasteiger partial charge is 0.252 e. The van der Waals surface area contributed by atoms with E-state index >= 15 is 0 Å². The number of hydrogen-bond acceptors (Lipinski definition) is 6. The second-order valence-electron chi connectivity index (χ2n) is 6.85. The van der Waals surface area contributed by atoms with E-state index in [4.69, 9.17) is 14.2 Å². The lowest BCUT2D eigenvalue weighted by Crippen LogP contribution is -2.34. The molecule has 0 unspecified atom stereocenters. The van der Waals surface area contributed by atoms with E-state index in [0.29, 0.717) is 40.9 Å². The summed E-state index contributed by atoms with van der Waals surface area (Å²) in [5, 5.41) is 0.802. The molecule has 1 aliphatic rings. The molecule has 1 saturated heterocycles. The quantitative estimate of drug-likeness (QED) is 0.845. The molecule has 7 nitrogen and oxygen atoms in total. The molecular formula is C19H27N3O4. The number of aromatic nitrogens is 1. The number of likely N-dealkylation sites (N-methyl/N-ethyl adjacent to an activating group) is 2. The number of pyridine rings is 1. The van der Waals surface area contributed by atoms with Crippen LogP contribution in [0.1, 0.15) is 12.0 Å². The van der Waals surface area contributed by atoms with Gasteiger partial charge in [0.05, 0.1) is 26.8 Å². The standard InChI is InChI=1S/C19H27N3O4/c1-21-7-6-13(11-21)22(2)10-12-8-14-15(20-19(12)23)9-16(24-3)18(26-5)17(14)25-4/h8-9,13H,6-7,10-11H2,1-5H3,(H,20,23)/t13-/m0/s1. The Morgan fingerprint density at radius 2 is 1.92 bits per heavy atom. The molecule has 2 aromatic rings. The van der Waals surface area contributed by atoms with Crippen LogP contribution in [0, 0.1) is 0 Å². The van der Waals surface area contributed by atoms with Crippen LogP contribution in [0.3, 0.4) is 0 Å². The summed E-state index contributed by atoms with van der Waals surface area (Å²) in [7, 11) is 8.91. The van der Waals surface area contributed by atoms with Crippen LogP contribution in [-0.2, 0) is 6.54 Å². The van der Waals surface area contributed by atoms with Crippen LogP contribution in [0.2, 0.25) is 0 Å². The molecule has 2 heterocycles. The topological polar surface area (TPSA) is 67.0 Å². The minimum Gasteiger partial charge on any atom is -0.493 e. The number of nitrogens with zero attached hydrogens (tertiary/aromatic N) is 2. The molecule has 142 valence electrons. The molecule has 1 atom stereocenters. The number of benzene rings is 1. The number of hydrogen-bond donors (Lipinski definition) is 1. The average Bonchev–Trinajstić information content (AvgIpc) is 3.07. The summed E-state index contributed by atoms with van der Waals surface area (Å²) >= 11 is 0. The molecule has 0 radical (unpaired) electrons. The predicted octanol–water partition coefficient (Wildman–Crippen LogP) is 1.69. The Balaban J connectivity index is 2.02. The van der Waals surface area contributed by atoms with Crippen LogP contribution in [-0.4, -0.2) is 69.3 Å². The van der Waals surface area contributed by atoms with E-state index in [0.717, 1.165) is 24.9 Å². The molecule has 0 aliphatic carbocycles. The van der Waals surface area contributed by atoms with Crippen molar-refractivity contribution < 1.29 is 14.2 Å². The molecule has 7 heteroatoms. The zero-order chi connectivity index (χ0) is 18.8. The van der Waals surface area contributed by atoms with Crippen molar-refractivity contribution in [2.24, 2.45) is 0 Å². The highest BCUT2D eigenvalue weighted by Crippen LogP contribution is 2.42. The van der Waals surface area contributed by atoms with Gasteiger partial charge in [0.1, 0.15) is 0 Å². The molecule has 1 aliphatic heterocycles. The first-order valence-electron chi connectivity index (χ1n) is 8.72. The molecule has 0 saturated carbocycles. The number of methoxy groups -OCH3 is 3. The second kappa shape index (κ2) is 7.55. The van der Waals surface area contributed by atoms with E-state index in [9.17, 15) is 4.79 Å². The van der Waals surface area contributed by atoms with Gasteiger partial charge in [0.25, 0.3) is 5.56 Å². The maximum absolute atomic E-state index is 12.6. The Morgan fingerprint density at radius 1 is 1.19 bits per heavy atom. The third kappa shape index (κ3) is 3.37. The number of fused-ring (bicyclic) bond motifs is 1. The molecule has 1 N–H and O–H groups in total. The molecule has 3 rings (SSSR count). The zero-order valence-electron chi connectivity index (χ0n) is 16.1. The van der Waals surface area contributed by atoms with Gasteiger partial charge in [-0.2, -0.15) is 0 Å². The van der Waals surface area contributed by atoms with Gasteiger partial charge in [0, 0.05) is 36.1 Å². The Kier molecular flexibility index (Phi) is 5.38. The molecule has 1 aromatic heterocycles. The third-order valence-electron chi connectivity index (χ3n) is 5.14. The molecule has 0 bridgehead atoms. The van der Waals surface area contributed by atoms with E-state index in [-0.39, 0.29) is 5.56 Å². The largest absolute Gasteiger partial charge is 0.493 e. The SMILES string of the molecule is COc1cc2[nH]c(=O)c(CN(C)[C@H]3CCN(C)C3)cc2c(OC)c1OC. The second-order valence-corrected chi connectivity index (χ2v) is 6.85. The van der Waals surface area contributed by atoms with Crippen LogP contribution >= 0.6 is 0 Å². The van der Waals surface area contributed by atoms with Crippen LogP contribution in [0.5, 0.6) is 17.2 Å². The van der Waals surface area contributed by atoms with Gasteiger partial charge >= 0.3 is 0 Å². The normalized spacial score (nSPS) is 17.8. The molecule has 0 spiro atoms. The average molecular weight is 361 g/mol. The van der Waals surface area contributed by atoms with Gasteiger partial charge in [-0.1, -0.05) is 0 Å².